The fourth-order valence-corrected chi connectivity index (χ4v) is 2.19. The number of aryl methyl sites for hydroxylation is 2. The quantitative estimate of drug-likeness (QED) is 0.912. The van der Waals surface area contributed by atoms with E-state index in [9.17, 15) is 4.39 Å². The minimum Gasteiger partial charge on any atom is -0.303 e. The molecule has 3 heteroatoms. The molecule has 1 atom stereocenters. The Morgan fingerprint density at radius 2 is 1.80 bits per heavy atom. The summed E-state index contributed by atoms with van der Waals surface area (Å²) in [6.45, 7) is 8.39. The second kappa shape index (κ2) is 6.14. The molecule has 0 aliphatic rings. The van der Waals surface area contributed by atoms with Crippen LogP contribution in [-0.2, 0) is 0 Å². The van der Waals surface area contributed by atoms with Gasteiger partial charge in [0.25, 0.3) is 0 Å². The highest BCUT2D eigenvalue weighted by molar-refractivity contribution is 5.35. The van der Waals surface area contributed by atoms with E-state index in [1.807, 2.05) is 0 Å². The van der Waals surface area contributed by atoms with Crippen molar-refractivity contribution in [3.63, 3.8) is 0 Å². The summed E-state index contributed by atoms with van der Waals surface area (Å²) in [4.78, 5) is 4.22. The number of nitrogens with one attached hydrogen (secondary N) is 1. The summed E-state index contributed by atoms with van der Waals surface area (Å²) in [5, 5.41) is 3.49. The van der Waals surface area contributed by atoms with Crippen molar-refractivity contribution in [2.24, 2.45) is 0 Å². The first-order valence-electron chi connectivity index (χ1n) is 6.92. The molecular weight excluding hydrogens is 251 g/mol. The van der Waals surface area contributed by atoms with E-state index in [0.717, 1.165) is 11.3 Å². The van der Waals surface area contributed by atoms with E-state index in [0.29, 0.717) is 6.04 Å². The summed E-state index contributed by atoms with van der Waals surface area (Å²) in [5.41, 5.74) is 4.51. The standard InChI is InChI=1S/C17H21FN2/c1-11(2)20-17(16-8-7-15(18)10-19-16)14-6-5-12(3)13(4)9-14/h5-11,17,20H,1-4H3. The zero-order valence-corrected chi connectivity index (χ0v) is 12.4. The van der Waals surface area contributed by atoms with Gasteiger partial charge in [0.1, 0.15) is 5.82 Å². The van der Waals surface area contributed by atoms with Gasteiger partial charge in [0.15, 0.2) is 0 Å². The molecule has 0 saturated carbocycles. The Balaban J connectivity index is 2.41. The van der Waals surface area contributed by atoms with Crippen molar-refractivity contribution in [3.05, 3.63) is 64.7 Å². The van der Waals surface area contributed by atoms with Gasteiger partial charge in [0, 0.05) is 6.04 Å². The summed E-state index contributed by atoms with van der Waals surface area (Å²) in [6.07, 6.45) is 1.27. The molecule has 0 spiro atoms. The van der Waals surface area contributed by atoms with Gasteiger partial charge in [-0.1, -0.05) is 18.2 Å². The molecule has 1 unspecified atom stereocenters. The first kappa shape index (κ1) is 14.7. The topological polar surface area (TPSA) is 24.9 Å². The van der Waals surface area contributed by atoms with Gasteiger partial charge in [-0.3, -0.25) is 4.98 Å². The normalized spacial score (nSPS) is 12.7. The minimum absolute atomic E-state index is 0.0186. The summed E-state index contributed by atoms with van der Waals surface area (Å²) in [6, 6.07) is 9.88. The largest absolute Gasteiger partial charge is 0.303 e. The molecule has 2 rings (SSSR count). The van der Waals surface area contributed by atoms with Crippen LogP contribution in [0.2, 0.25) is 0 Å². The Morgan fingerprint density at radius 1 is 1.05 bits per heavy atom. The number of hydrogen-bond donors (Lipinski definition) is 1. The predicted octanol–water partition coefficient (Wildman–Crippen LogP) is 3.92. The van der Waals surface area contributed by atoms with E-state index in [4.69, 9.17) is 0 Å². The van der Waals surface area contributed by atoms with Gasteiger partial charge < -0.3 is 5.32 Å². The van der Waals surface area contributed by atoms with Crippen LogP contribution in [0.5, 0.6) is 0 Å². The highest BCUT2D eigenvalue weighted by atomic mass is 19.1. The van der Waals surface area contributed by atoms with E-state index < -0.39 is 0 Å². The molecule has 0 saturated heterocycles. The third-order valence-corrected chi connectivity index (χ3v) is 3.41. The maximum absolute atomic E-state index is 13.0. The number of pyridine rings is 1. The predicted molar refractivity (Wildman–Crippen MR) is 80.2 cm³/mol. The molecule has 0 fully saturated rings. The molecule has 106 valence electrons. The van der Waals surface area contributed by atoms with Crippen LogP contribution >= 0.6 is 0 Å². The van der Waals surface area contributed by atoms with Crippen LogP contribution in [0.25, 0.3) is 0 Å². The number of rotatable bonds is 4. The van der Waals surface area contributed by atoms with Crippen LogP contribution in [0.1, 0.15) is 42.3 Å². The monoisotopic (exact) mass is 272 g/mol. The van der Waals surface area contributed by atoms with Crippen LogP contribution in [0.3, 0.4) is 0 Å². The Morgan fingerprint density at radius 3 is 2.35 bits per heavy atom. The molecule has 1 heterocycles. The van der Waals surface area contributed by atoms with E-state index in [-0.39, 0.29) is 11.9 Å². The molecule has 1 N–H and O–H groups in total. The van der Waals surface area contributed by atoms with Gasteiger partial charge in [0.05, 0.1) is 17.9 Å². The third kappa shape index (κ3) is 3.42. The summed E-state index contributed by atoms with van der Waals surface area (Å²) in [5.74, 6) is -0.308. The fourth-order valence-electron chi connectivity index (χ4n) is 2.19. The molecule has 2 aromatic rings. The SMILES string of the molecule is Cc1ccc(C(NC(C)C)c2ccc(F)cn2)cc1C. The van der Waals surface area contributed by atoms with Gasteiger partial charge in [-0.05, 0) is 56.5 Å². The number of nitrogens with zero attached hydrogens (tertiary/aromatic N) is 1. The second-order valence-electron chi connectivity index (χ2n) is 5.50. The minimum atomic E-state index is -0.308. The van der Waals surface area contributed by atoms with Crippen molar-refractivity contribution in [2.75, 3.05) is 0 Å². The molecule has 0 bridgehead atoms. The number of aromatic nitrogens is 1. The molecule has 1 aromatic carbocycles. The molecule has 0 aliphatic carbocycles. The molecule has 0 radical (unpaired) electrons. The zero-order chi connectivity index (χ0) is 14.7. The Hall–Kier alpha value is -1.74. The van der Waals surface area contributed by atoms with Crippen LogP contribution in [-0.4, -0.2) is 11.0 Å². The molecule has 20 heavy (non-hydrogen) atoms. The average molecular weight is 272 g/mol. The molecular formula is C17H21FN2. The van der Waals surface area contributed by atoms with Gasteiger partial charge in [-0.15, -0.1) is 0 Å². The smallest absolute Gasteiger partial charge is 0.141 e. The van der Waals surface area contributed by atoms with Crippen LogP contribution < -0.4 is 5.32 Å². The van der Waals surface area contributed by atoms with E-state index >= 15 is 0 Å². The summed E-state index contributed by atoms with van der Waals surface area (Å²) in [7, 11) is 0. The Kier molecular flexibility index (Phi) is 4.50. The Bertz CT molecular complexity index is 576. The van der Waals surface area contributed by atoms with Crippen molar-refractivity contribution in [1.29, 1.82) is 0 Å². The Labute approximate surface area is 120 Å². The zero-order valence-electron chi connectivity index (χ0n) is 12.4. The van der Waals surface area contributed by atoms with E-state index in [2.05, 4.69) is 56.2 Å². The van der Waals surface area contributed by atoms with E-state index in [1.165, 1.54) is 23.4 Å². The molecule has 0 aliphatic heterocycles. The third-order valence-electron chi connectivity index (χ3n) is 3.41. The van der Waals surface area contributed by atoms with Gasteiger partial charge >= 0.3 is 0 Å². The second-order valence-corrected chi connectivity index (χ2v) is 5.50. The van der Waals surface area contributed by atoms with Crippen molar-refractivity contribution in [1.82, 2.24) is 10.3 Å². The summed E-state index contributed by atoms with van der Waals surface area (Å²) < 4.78 is 13.0. The first-order valence-corrected chi connectivity index (χ1v) is 6.92. The molecule has 2 nitrogen and oxygen atoms in total. The highest BCUT2D eigenvalue weighted by Crippen LogP contribution is 2.23. The lowest BCUT2D eigenvalue weighted by Crippen LogP contribution is -2.29. The highest BCUT2D eigenvalue weighted by Gasteiger charge is 2.17. The lowest BCUT2D eigenvalue weighted by molar-refractivity contribution is 0.517. The van der Waals surface area contributed by atoms with Crippen LogP contribution in [0, 0.1) is 19.7 Å². The van der Waals surface area contributed by atoms with Gasteiger partial charge in [-0.25, -0.2) is 4.39 Å². The molecule has 0 amide bonds. The fraction of sp³-hybridized carbons (Fsp3) is 0.353. The van der Waals surface area contributed by atoms with E-state index in [1.54, 1.807) is 6.07 Å². The van der Waals surface area contributed by atoms with Crippen molar-refractivity contribution < 1.29 is 4.39 Å². The first-order chi connectivity index (χ1) is 9.47. The van der Waals surface area contributed by atoms with Crippen LogP contribution in [0.4, 0.5) is 4.39 Å². The van der Waals surface area contributed by atoms with Gasteiger partial charge in [-0.2, -0.15) is 0 Å². The van der Waals surface area contributed by atoms with Crippen molar-refractivity contribution >= 4 is 0 Å². The van der Waals surface area contributed by atoms with Crippen molar-refractivity contribution in [3.8, 4) is 0 Å². The lowest BCUT2D eigenvalue weighted by Gasteiger charge is -2.22. The number of halogens is 1. The van der Waals surface area contributed by atoms with Crippen molar-refractivity contribution in [2.45, 2.75) is 39.8 Å². The van der Waals surface area contributed by atoms with Gasteiger partial charge in [0.2, 0.25) is 0 Å². The maximum atomic E-state index is 13.0. The van der Waals surface area contributed by atoms with Crippen LogP contribution in [0.15, 0.2) is 36.5 Å². The molecule has 1 aromatic heterocycles. The maximum Gasteiger partial charge on any atom is 0.141 e. The average Bonchev–Trinajstić information content (AvgIpc) is 2.40. The summed E-state index contributed by atoms with van der Waals surface area (Å²) >= 11 is 0. The number of benzene rings is 1. The number of hydrogen-bond acceptors (Lipinski definition) is 2. The lowest BCUT2D eigenvalue weighted by atomic mass is 9.98.